The van der Waals surface area contributed by atoms with Crippen LogP contribution in [0.4, 0.5) is 0 Å². The minimum absolute atomic E-state index is 0.0550. The molecule has 1 aliphatic rings. The summed E-state index contributed by atoms with van der Waals surface area (Å²) in [5, 5.41) is 4.32. The minimum atomic E-state index is -0.0550. The van der Waals surface area contributed by atoms with Gasteiger partial charge in [-0.3, -0.25) is 4.79 Å². The van der Waals surface area contributed by atoms with Crippen molar-refractivity contribution in [2.45, 2.75) is 19.8 Å². The highest BCUT2D eigenvalue weighted by Crippen LogP contribution is 2.14. The predicted molar refractivity (Wildman–Crippen MR) is 95.0 cm³/mol. The highest BCUT2D eigenvalue weighted by molar-refractivity contribution is 5.80. The van der Waals surface area contributed by atoms with Crippen molar-refractivity contribution >= 4 is 12.0 Å². The molecule has 1 aliphatic carbocycles. The Morgan fingerprint density at radius 1 is 1.25 bits per heavy atom. The molecule has 1 aromatic heterocycles. The van der Waals surface area contributed by atoms with Crippen LogP contribution in [0.15, 0.2) is 66.4 Å². The van der Waals surface area contributed by atoms with Crippen molar-refractivity contribution in [3.8, 4) is 5.75 Å². The first-order valence-corrected chi connectivity index (χ1v) is 8.09. The molecule has 1 heterocycles. The molecular formula is C20H20N2O2. The number of aromatic nitrogens is 2. The van der Waals surface area contributed by atoms with Crippen LogP contribution in [-0.2, 0) is 6.42 Å². The zero-order valence-corrected chi connectivity index (χ0v) is 13.7. The molecule has 24 heavy (non-hydrogen) atoms. The number of benzene rings is 1. The fourth-order valence-corrected chi connectivity index (χ4v) is 2.47. The van der Waals surface area contributed by atoms with E-state index in [9.17, 15) is 4.79 Å². The van der Waals surface area contributed by atoms with E-state index in [1.54, 1.807) is 6.20 Å². The Morgan fingerprint density at radius 3 is 2.79 bits per heavy atom. The number of carbonyl (C=O) groups excluding carboxylic acids is 1. The first-order chi connectivity index (χ1) is 11.7. The van der Waals surface area contributed by atoms with E-state index in [1.165, 1.54) is 10.3 Å². The lowest BCUT2D eigenvalue weighted by Gasteiger charge is -2.04. The summed E-state index contributed by atoms with van der Waals surface area (Å²) in [6.07, 6.45) is 13.2. The van der Waals surface area contributed by atoms with Crippen molar-refractivity contribution in [3.05, 3.63) is 77.7 Å². The van der Waals surface area contributed by atoms with E-state index in [4.69, 9.17) is 4.74 Å². The van der Waals surface area contributed by atoms with Gasteiger partial charge in [0.15, 0.2) is 0 Å². The van der Waals surface area contributed by atoms with Crippen LogP contribution in [0.1, 0.15) is 29.4 Å². The molecule has 1 aromatic carbocycles. The zero-order valence-electron chi connectivity index (χ0n) is 13.7. The Labute approximate surface area is 141 Å². The molecule has 0 aliphatic heterocycles. The van der Waals surface area contributed by atoms with Crippen molar-refractivity contribution in [2.24, 2.45) is 0 Å². The fourth-order valence-electron chi connectivity index (χ4n) is 2.47. The summed E-state index contributed by atoms with van der Waals surface area (Å²) >= 11 is 0. The lowest BCUT2D eigenvalue weighted by Crippen LogP contribution is -2.14. The van der Waals surface area contributed by atoms with E-state index >= 15 is 0 Å². The lowest BCUT2D eigenvalue weighted by atomic mass is 10.1. The molecule has 3 rings (SSSR count). The van der Waals surface area contributed by atoms with Crippen molar-refractivity contribution in [3.63, 3.8) is 0 Å². The van der Waals surface area contributed by atoms with E-state index in [2.05, 4.69) is 17.3 Å². The third kappa shape index (κ3) is 4.10. The van der Waals surface area contributed by atoms with Crippen LogP contribution in [0.3, 0.4) is 0 Å². The Hall–Kier alpha value is -2.88. The molecule has 4 nitrogen and oxygen atoms in total. The number of ether oxygens (including phenoxy) is 1. The Balaban J connectivity index is 1.61. The van der Waals surface area contributed by atoms with Crippen molar-refractivity contribution in [1.82, 2.24) is 9.78 Å². The Bertz CT molecular complexity index is 795. The van der Waals surface area contributed by atoms with E-state index in [-0.39, 0.29) is 5.91 Å². The van der Waals surface area contributed by atoms with Gasteiger partial charge in [0, 0.05) is 6.20 Å². The maximum atomic E-state index is 12.3. The number of carbonyl (C=O) groups is 1. The normalized spacial score (nSPS) is 13.5. The van der Waals surface area contributed by atoms with Crippen molar-refractivity contribution in [1.29, 1.82) is 0 Å². The van der Waals surface area contributed by atoms with Crippen LogP contribution in [-0.4, -0.2) is 22.3 Å². The van der Waals surface area contributed by atoms with Crippen molar-refractivity contribution in [2.75, 3.05) is 6.61 Å². The van der Waals surface area contributed by atoms with Gasteiger partial charge in [0.1, 0.15) is 5.75 Å². The molecule has 4 heteroatoms. The number of rotatable bonds is 6. The molecule has 0 bridgehead atoms. The van der Waals surface area contributed by atoms with E-state index in [0.29, 0.717) is 13.0 Å². The third-order valence-corrected chi connectivity index (χ3v) is 3.72. The van der Waals surface area contributed by atoms with Gasteiger partial charge in [-0.2, -0.15) is 5.10 Å². The first-order valence-electron chi connectivity index (χ1n) is 8.09. The summed E-state index contributed by atoms with van der Waals surface area (Å²) in [5.41, 5.74) is 2.96. The van der Waals surface area contributed by atoms with E-state index in [1.807, 2.05) is 55.5 Å². The van der Waals surface area contributed by atoms with Gasteiger partial charge in [-0.15, -0.1) is 0 Å². The summed E-state index contributed by atoms with van der Waals surface area (Å²) in [6.45, 7) is 2.58. The molecule has 0 amide bonds. The maximum Gasteiger partial charge on any atom is 0.251 e. The van der Waals surface area contributed by atoms with Gasteiger partial charge in [-0.05, 0) is 48.8 Å². The smallest absolute Gasteiger partial charge is 0.251 e. The highest BCUT2D eigenvalue weighted by Gasteiger charge is 2.08. The van der Waals surface area contributed by atoms with Crippen LogP contribution < -0.4 is 4.74 Å². The summed E-state index contributed by atoms with van der Waals surface area (Å²) in [6, 6.07) is 9.43. The van der Waals surface area contributed by atoms with Gasteiger partial charge >= 0.3 is 0 Å². The quantitative estimate of drug-likeness (QED) is 0.806. The molecule has 2 aromatic rings. The monoisotopic (exact) mass is 320 g/mol. The second-order valence-electron chi connectivity index (χ2n) is 5.54. The van der Waals surface area contributed by atoms with Gasteiger partial charge in [0.05, 0.1) is 18.7 Å². The predicted octanol–water partition coefficient (Wildman–Crippen LogP) is 4.06. The number of hydrogen-bond donors (Lipinski definition) is 0. The Morgan fingerprint density at radius 2 is 2.08 bits per heavy atom. The van der Waals surface area contributed by atoms with Crippen LogP contribution in [0.5, 0.6) is 5.75 Å². The van der Waals surface area contributed by atoms with Gasteiger partial charge in [-0.25, -0.2) is 4.68 Å². The average molecular weight is 320 g/mol. The molecular weight excluding hydrogens is 300 g/mol. The highest BCUT2D eigenvalue weighted by atomic mass is 16.5. The van der Waals surface area contributed by atoms with Crippen LogP contribution in [0.25, 0.3) is 6.08 Å². The topological polar surface area (TPSA) is 44.1 Å². The molecule has 0 atom stereocenters. The molecule has 0 saturated heterocycles. The standard InChI is InChI=1S/C20H20N2O2/c1-2-24-19-11-8-17(9-12-19)15-20(23)22-14-13-18(21-22)10-7-16-5-3-4-6-16/h3-5,7-14H,2,6,15H2,1H3. The zero-order chi connectivity index (χ0) is 16.8. The second-order valence-corrected chi connectivity index (χ2v) is 5.54. The number of nitrogens with zero attached hydrogens (tertiary/aromatic N) is 2. The molecule has 0 N–H and O–H groups in total. The molecule has 0 saturated carbocycles. The van der Waals surface area contributed by atoms with E-state index < -0.39 is 0 Å². The molecule has 0 radical (unpaired) electrons. The SMILES string of the molecule is CCOc1ccc(CC(=O)n2ccc(C=CC3=CC=CC3)n2)cc1. The fraction of sp³-hybridized carbons (Fsp3) is 0.200. The summed E-state index contributed by atoms with van der Waals surface area (Å²) in [7, 11) is 0. The third-order valence-electron chi connectivity index (χ3n) is 3.72. The lowest BCUT2D eigenvalue weighted by molar-refractivity contribution is 0.0898. The van der Waals surface area contributed by atoms with Gasteiger partial charge < -0.3 is 4.74 Å². The number of allylic oxidation sites excluding steroid dienone is 5. The second kappa shape index (κ2) is 7.59. The van der Waals surface area contributed by atoms with Gasteiger partial charge in [-0.1, -0.05) is 36.4 Å². The van der Waals surface area contributed by atoms with Crippen LogP contribution >= 0.6 is 0 Å². The minimum Gasteiger partial charge on any atom is -0.494 e. The summed E-state index contributed by atoms with van der Waals surface area (Å²) in [4.78, 5) is 12.3. The van der Waals surface area contributed by atoms with Crippen molar-refractivity contribution < 1.29 is 9.53 Å². The van der Waals surface area contributed by atoms with E-state index in [0.717, 1.165) is 23.4 Å². The first kappa shape index (κ1) is 16.0. The molecule has 122 valence electrons. The van der Waals surface area contributed by atoms with Gasteiger partial charge in [0.2, 0.25) is 0 Å². The molecule has 0 unspecified atom stereocenters. The van der Waals surface area contributed by atoms with Gasteiger partial charge in [0.25, 0.3) is 5.91 Å². The van der Waals surface area contributed by atoms with Crippen LogP contribution in [0.2, 0.25) is 0 Å². The molecule has 0 spiro atoms. The molecule has 0 fully saturated rings. The maximum absolute atomic E-state index is 12.3. The number of hydrogen-bond acceptors (Lipinski definition) is 3. The summed E-state index contributed by atoms with van der Waals surface area (Å²) in [5.74, 6) is 0.761. The average Bonchev–Trinajstić information content (AvgIpc) is 3.26. The largest absolute Gasteiger partial charge is 0.494 e. The summed E-state index contributed by atoms with van der Waals surface area (Å²) < 4.78 is 6.80. The Kier molecular flexibility index (Phi) is 5.06. The van der Waals surface area contributed by atoms with Crippen LogP contribution in [0, 0.1) is 0 Å².